The fraction of sp³-hybridized carbons (Fsp3) is 0.333. The predicted molar refractivity (Wildman–Crippen MR) is 108 cm³/mol. The van der Waals surface area contributed by atoms with Gasteiger partial charge in [-0.2, -0.15) is 0 Å². The molecule has 1 atom stereocenters. The smallest absolute Gasteiger partial charge is 0.253 e. The molecule has 0 aliphatic carbocycles. The number of carbonyl (C=O) groups excluding carboxylic acids is 2. The minimum atomic E-state index is -0.163. The summed E-state index contributed by atoms with van der Waals surface area (Å²) in [4.78, 5) is 25.6. The zero-order chi connectivity index (χ0) is 19.8. The summed E-state index contributed by atoms with van der Waals surface area (Å²) in [7, 11) is 3.42. The summed E-state index contributed by atoms with van der Waals surface area (Å²) in [6.07, 6.45) is 1.04. The van der Waals surface area contributed by atoms with Crippen molar-refractivity contribution < 1.29 is 14.3 Å². The van der Waals surface area contributed by atoms with Crippen LogP contribution in [0.25, 0.3) is 0 Å². The van der Waals surface area contributed by atoms with E-state index < -0.39 is 0 Å². The number of nitrogens with zero attached hydrogens (tertiary/aromatic N) is 1. The van der Waals surface area contributed by atoms with E-state index >= 15 is 0 Å². The van der Waals surface area contributed by atoms with E-state index in [4.69, 9.17) is 4.74 Å². The Balaban J connectivity index is 1.87. The predicted octanol–water partition coefficient (Wildman–Crippen LogP) is 3.62. The van der Waals surface area contributed by atoms with Gasteiger partial charge in [0.15, 0.2) is 0 Å². The summed E-state index contributed by atoms with van der Waals surface area (Å²) < 4.78 is 5.76. The number of ether oxygens (including phenoxy) is 1. The zero-order valence-corrected chi connectivity index (χ0v) is 16.3. The molecule has 0 saturated carbocycles. The third kappa shape index (κ3) is 6.33. The molecule has 0 radical (unpaired) electrons. The Labute approximate surface area is 160 Å². The van der Waals surface area contributed by atoms with Gasteiger partial charge in [-0.05, 0) is 49.7 Å². The lowest BCUT2D eigenvalue weighted by Crippen LogP contribution is -2.22. The molecule has 0 aromatic heterocycles. The topological polar surface area (TPSA) is 70.7 Å². The molecule has 0 spiro atoms. The van der Waals surface area contributed by atoms with E-state index in [2.05, 4.69) is 17.6 Å². The van der Waals surface area contributed by atoms with Gasteiger partial charge in [0.1, 0.15) is 5.75 Å². The molecule has 2 N–H and O–H groups in total. The third-order valence-corrected chi connectivity index (χ3v) is 4.02. The van der Waals surface area contributed by atoms with Gasteiger partial charge < -0.3 is 20.3 Å². The molecule has 2 aromatic carbocycles. The van der Waals surface area contributed by atoms with E-state index in [0.717, 1.165) is 17.9 Å². The molecule has 2 rings (SSSR count). The van der Waals surface area contributed by atoms with Crippen molar-refractivity contribution in [1.82, 2.24) is 4.90 Å². The van der Waals surface area contributed by atoms with Gasteiger partial charge in [-0.1, -0.05) is 13.0 Å². The van der Waals surface area contributed by atoms with Crippen molar-refractivity contribution >= 4 is 23.2 Å². The maximum atomic E-state index is 12.2. The average molecular weight is 369 g/mol. The molecule has 6 heteroatoms. The molecule has 0 heterocycles. The summed E-state index contributed by atoms with van der Waals surface area (Å²) in [5.74, 6) is 0.513. The molecule has 0 aliphatic rings. The van der Waals surface area contributed by atoms with E-state index in [1.54, 1.807) is 38.4 Å². The van der Waals surface area contributed by atoms with Gasteiger partial charge in [-0.3, -0.25) is 9.59 Å². The highest BCUT2D eigenvalue weighted by Gasteiger charge is 2.08. The molecule has 0 fully saturated rings. The first-order chi connectivity index (χ1) is 12.9. The molecule has 0 saturated heterocycles. The quantitative estimate of drug-likeness (QED) is 0.746. The van der Waals surface area contributed by atoms with Gasteiger partial charge in [0, 0.05) is 37.1 Å². The number of hydrogen-bond acceptors (Lipinski definition) is 4. The van der Waals surface area contributed by atoms with Gasteiger partial charge in [0.05, 0.1) is 12.6 Å². The van der Waals surface area contributed by atoms with E-state index in [9.17, 15) is 9.59 Å². The first kappa shape index (κ1) is 20.3. The van der Waals surface area contributed by atoms with Crippen LogP contribution in [0.3, 0.4) is 0 Å². The Morgan fingerprint density at radius 3 is 2.41 bits per heavy atom. The molecule has 144 valence electrons. The van der Waals surface area contributed by atoms with Crippen LogP contribution in [0, 0.1) is 0 Å². The number of carbonyl (C=O) groups is 2. The molecule has 0 bridgehead atoms. The highest BCUT2D eigenvalue weighted by atomic mass is 16.5. The molecule has 1 unspecified atom stereocenters. The molecule has 2 amide bonds. The minimum Gasteiger partial charge on any atom is -0.491 e. The van der Waals surface area contributed by atoms with Crippen molar-refractivity contribution in [3.05, 3.63) is 54.1 Å². The largest absolute Gasteiger partial charge is 0.491 e. The fourth-order valence-corrected chi connectivity index (χ4v) is 2.34. The van der Waals surface area contributed by atoms with Crippen LogP contribution in [-0.4, -0.2) is 43.5 Å². The fourth-order valence-electron chi connectivity index (χ4n) is 2.34. The first-order valence-electron chi connectivity index (χ1n) is 9.01. The van der Waals surface area contributed by atoms with E-state index in [1.165, 1.54) is 4.90 Å². The van der Waals surface area contributed by atoms with Crippen molar-refractivity contribution in [3.63, 3.8) is 0 Å². The van der Waals surface area contributed by atoms with Crippen molar-refractivity contribution in [2.24, 2.45) is 0 Å². The lowest BCUT2D eigenvalue weighted by atomic mass is 10.2. The SMILES string of the molecule is CCC(C)Oc1cccc(NC(=O)CNc2ccc(C(=O)N(C)C)cc2)c1. The lowest BCUT2D eigenvalue weighted by Gasteiger charge is -2.14. The Hall–Kier alpha value is -3.02. The third-order valence-electron chi connectivity index (χ3n) is 4.02. The number of anilines is 2. The number of rotatable bonds is 8. The van der Waals surface area contributed by atoms with E-state index in [-0.39, 0.29) is 24.5 Å². The van der Waals surface area contributed by atoms with Crippen LogP contribution in [0.4, 0.5) is 11.4 Å². The number of amides is 2. The van der Waals surface area contributed by atoms with Gasteiger partial charge in [0.2, 0.25) is 5.91 Å². The molecule has 27 heavy (non-hydrogen) atoms. The minimum absolute atomic E-state index is 0.0567. The Kier molecular flexibility index (Phi) is 7.23. The van der Waals surface area contributed by atoms with Crippen LogP contribution >= 0.6 is 0 Å². The first-order valence-corrected chi connectivity index (χ1v) is 9.01. The number of benzene rings is 2. The normalized spacial score (nSPS) is 11.4. The van der Waals surface area contributed by atoms with Gasteiger partial charge >= 0.3 is 0 Å². The van der Waals surface area contributed by atoms with Crippen LogP contribution < -0.4 is 15.4 Å². The standard InChI is InChI=1S/C21H27N3O3/c1-5-15(2)27-19-8-6-7-18(13-19)23-20(25)14-22-17-11-9-16(10-12-17)21(26)24(3)4/h6-13,15,22H,5,14H2,1-4H3,(H,23,25). The second kappa shape index (κ2) is 9.62. The van der Waals surface area contributed by atoms with Gasteiger partial charge in [0.25, 0.3) is 5.91 Å². The molecule has 6 nitrogen and oxygen atoms in total. The molecular weight excluding hydrogens is 342 g/mol. The van der Waals surface area contributed by atoms with Crippen LogP contribution in [-0.2, 0) is 4.79 Å². The second-order valence-corrected chi connectivity index (χ2v) is 6.54. The monoisotopic (exact) mass is 369 g/mol. The number of hydrogen-bond donors (Lipinski definition) is 2. The summed E-state index contributed by atoms with van der Waals surface area (Å²) >= 11 is 0. The Bertz CT molecular complexity index is 772. The zero-order valence-electron chi connectivity index (χ0n) is 16.3. The lowest BCUT2D eigenvalue weighted by molar-refractivity contribution is -0.114. The second-order valence-electron chi connectivity index (χ2n) is 6.54. The maximum absolute atomic E-state index is 12.2. The summed E-state index contributed by atoms with van der Waals surface area (Å²) in [6.45, 7) is 4.19. The highest BCUT2D eigenvalue weighted by Crippen LogP contribution is 2.19. The van der Waals surface area contributed by atoms with Crippen molar-refractivity contribution in [2.75, 3.05) is 31.3 Å². The van der Waals surface area contributed by atoms with Crippen LogP contribution in [0.5, 0.6) is 5.75 Å². The van der Waals surface area contributed by atoms with Crippen molar-refractivity contribution in [3.8, 4) is 5.75 Å². The van der Waals surface area contributed by atoms with E-state index in [0.29, 0.717) is 11.3 Å². The summed E-state index contributed by atoms with van der Waals surface area (Å²) in [5.41, 5.74) is 2.07. The Morgan fingerprint density at radius 1 is 1.07 bits per heavy atom. The maximum Gasteiger partial charge on any atom is 0.253 e. The average Bonchev–Trinajstić information content (AvgIpc) is 2.66. The van der Waals surface area contributed by atoms with Crippen LogP contribution in [0.2, 0.25) is 0 Å². The molecule has 0 aliphatic heterocycles. The van der Waals surface area contributed by atoms with Crippen LogP contribution in [0.1, 0.15) is 30.6 Å². The highest BCUT2D eigenvalue weighted by molar-refractivity contribution is 5.95. The molecular formula is C21H27N3O3. The number of nitrogens with one attached hydrogen (secondary N) is 2. The van der Waals surface area contributed by atoms with Crippen LogP contribution in [0.15, 0.2) is 48.5 Å². The summed E-state index contributed by atoms with van der Waals surface area (Å²) in [6, 6.07) is 14.4. The van der Waals surface area contributed by atoms with Crippen molar-refractivity contribution in [1.29, 1.82) is 0 Å². The Morgan fingerprint density at radius 2 is 1.78 bits per heavy atom. The van der Waals surface area contributed by atoms with Gasteiger partial charge in [-0.15, -0.1) is 0 Å². The van der Waals surface area contributed by atoms with Gasteiger partial charge in [-0.25, -0.2) is 0 Å². The van der Waals surface area contributed by atoms with Crippen molar-refractivity contribution in [2.45, 2.75) is 26.4 Å². The summed E-state index contributed by atoms with van der Waals surface area (Å²) in [5, 5.41) is 5.89. The molecule has 2 aromatic rings. The van der Waals surface area contributed by atoms with E-state index in [1.807, 2.05) is 31.2 Å².